The van der Waals surface area contributed by atoms with E-state index in [2.05, 4.69) is 59.1 Å². The average molecular weight is 401 g/mol. The number of ether oxygens (including phenoxy) is 1. The molecule has 0 heterocycles. The van der Waals surface area contributed by atoms with E-state index in [0.29, 0.717) is 6.04 Å². The van der Waals surface area contributed by atoms with Crippen molar-refractivity contribution in [1.29, 1.82) is 0 Å². The first-order valence-corrected chi connectivity index (χ1v) is 9.31. The minimum absolute atomic E-state index is 0.0242. The molecule has 0 bridgehead atoms. The second-order valence-corrected chi connectivity index (χ2v) is 7.41. The first-order chi connectivity index (χ1) is 10.2. The van der Waals surface area contributed by atoms with E-state index in [0.717, 1.165) is 13.0 Å². The molecule has 0 saturated heterocycles. The molecule has 0 aromatic heterocycles. The summed E-state index contributed by atoms with van der Waals surface area (Å²) in [7, 11) is 1.90. The van der Waals surface area contributed by atoms with Crippen LogP contribution in [-0.2, 0) is 11.2 Å². The monoisotopic (exact) mass is 401 g/mol. The zero-order valence-corrected chi connectivity index (χ0v) is 15.5. The van der Waals surface area contributed by atoms with Gasteiger partial charge in [0.25, 0.3) is 0 Å². The molecule has 21 heavy (non-hydrogen) atoms. The Morgan fingerprint density at radius 3 is 2.43 bits per heavy atom. The van der Waals surface area contributed by atoms with Crippen molar-refractivity contribution in [3.63, 3.8) is 0 Å². The Morgan fingerprint density at radius 2 is 1.86 bits per heavy atom. The first-order valence-electron chi connectivity index (χ1n) is 8.23. The van der Waals surface area contributed by atoms with Gasteiger partial charge in [-0.3, -0.25) is 0 Å². The van der Waals surface area contributed by atoms with E-state index >= 15 is 0 Å². The highest BCUT2D eigenvalue weighted by Crippen LogP contribution is 2.35. The molecule has 1 atom stereocenters. The topological polar surface area (TPSA) is 21.3 Å². The van der Waals surface area contributed by atoms with Gasteiger partial charge in [-0.2, -0.15) is 0 Å². The summed E-state index contributed by atoms with van der Waals surface area (Å²) < 4.78 is 7.37. The Labute approximate surface area is 143 Å². The highest BCUT2D eigenvalue weighted by molar-refractivity contribution is 14.1. The number of benzene rings is 1. The normalized spacial score (nSPS) is 19.4. The molecule has 1 fully saturated rings. The molecule has 0 amide bonds. The van der Waals surface area contributed by atoms with Gasteiger partial charge >= 0.3 is 0 Å². The number of nitrogens with one attached hydrogen (secondary N) is 1. The van der Waals surface area contributed by atoms with Gasteiger partial charge in [0.15, 0.2) is 0 Å². The Hall–Kier alpha value is -0.130. The molecule has 1 unspecified atom stereocenters. The van der Waals surface area contributed by atoms with E-state index in [-0.39, 0.29) is 5.60 Å². The number of hydrogen-bond donors (Lipinski definition) is 1. The smallest absolute Gasteiger partial charge is 0.0834 e. The molecule has 3 heteroatoms. The zero-order valence-electron chi connectivity index (χ0n) is 13.3. The maximum atomic E-state index is 6.07. The van der Waals surface area contributed by atoms with Crippen LogP contribution in [0.3, 0.4) is 0 Å². The van der Waals surface area contributed by atoms with E-state index in [1.54, 1.807) is 0 Å². The summed E-state index contributed by atoms with van der Waals surface area (Å²) >= 11 is 2.37. The van der Waals surface area contributed by atoms with Gasteiger partial charge in [0, 0.05) is 16.7 Å². The van der Waals surface area contributed by atoms with E-state index < -0.39 is 0 Å². The number of halogens is 1. The van der Waals surface area contributed by atoms with Crippen LogP contribution < -0.4 is 5.32 Å². The molecular weight excluding hydrogens is 373 g/mol. The van der Waals surface area contributed by atoms with Crippen molar-refractivity contribution in [2.45, 2.75) is 63.5 Å². The van der Waals surface area contributed by atoms with Gasteiger partial charge in [-0.05, 0) is 72.5 Å². The molecule has 0 spiro atoms. The summed E-state index contributed by atoms with van der Waals surface area (Å²) in [4.78, 5) is 0. The van der Waals surface area contributed by atoms with Gasteiger partial charge in [-0.25, -0.2) is 0 Å². The largest absolute Gasteiger partial charge is 0.377 e. The van der Waals surface area contributed by atoms with Gasteiger partial charge in [-0.1, -0.05) is 38.3 Å². The molecule has 1 aromatic carbocycles. The van der Waals surface area contributed by atoms with Crippen molar-refractivity contribution in [2.75, 3.05) is 13.7 Å². The summed E-state index contributed by atoms with van der Waals surface area (Å²) in [5.74, 6) is 0. The maximum Gasteiger partial charge on any atom is 0.0834 e. The highest BCUT2D eigenvalue weighted by atomic mass is 127. The predicted octanol–water partition coefficient (Wildman–Crippen LogP) is 4.55. The lowest BCUT2D eigenvalue weighted by Crippen LogP contribution is -2.54. The molecule has 0 radical (unpaired) electrons. The number of hydrogen-bond acceptors (Lipinski definition) is 2. The van der Waals surface area contributed by atoms with Crippen molar-refractivity contribution in [1.82, 2.24) is 5.32 Å². The van der Waals surface area contributed by atoms with Crippen molar-refractivity contribution in [2.24, 2.45) is 0 Å². The van der Waals surface area contributed by atoms with Crippen molar-refractivity contribution < 1.29 is 4.74 Å². The van der Waals surface area contributed by atoms with Crippen LogP contribution in [0.2, 0.25) is 0 Å². The Morgan fingerprint density at radius 1 is 1.19 bits per heavy atom. The third-order valence-corrected chi connectivity index (χ3v) is 5.45. The quantitative estimate of drug-likeness (QED) is 0.677. The fourth-order valence-electron chi connectivity index (χ4n) is 3.46. The minimum atomic E-state index is 0.0242. The predicted molar refractivity (Wildman–Crippen MR) is 97.8 cm³/mol. The lowest BCUT2D eigenvalue weighted by Gasteiger charge is -2.43. The van der Waals surface area contributed by atoms with Crippen LogP contribution >= 0.6 is 22.6 Å². The Kier molecular flexibility index (Phi) is 6.96. The third kappa shape index (κ3) is 4.67. The van der Waals surface area contributed by atoms with Crippen LogP contribution in [0.5, 0.6) is 0 Å². The fraction of sp³-hybridized carbons (Fsp3) is 0.667. The van der Waals surface area contributed by atoms with Crippen LogP contribution in [0.15, 0.2) is 24.3 Å². The number of methoxy groups -OCH3 is 1. The number of rotatable bonds is 7. The van der Waals surface area contributed by atoms with Gasteiger partial charge in [0.2, 0.25) is 0 Å². The Bertz CT molecular complexity index is 412. The Balaban J connectivity index is 2.13. The van der Waals surface area contributed by atoms with Gasteiger partial charge in [0.1, 0.15) is 0 Å². The molecule has 2 nitrogen and oxygen atoms in total. The SMILES string of the molecule is CCCNC(Cc1ccc(I)cc1)C1(OC)CCCCC1. The molecule has 1 aromatic rings. The standard InChI is InChI=1S/C18H28INO/c1-3-13-20-17(14-15-7-9-16(19)10-8-15)18(21-2)11-5-4-6-12-18/h7-10,17,20H,3-6,11-14H2,1-2H3. The first kappa shape index (κ1) is 17.2. The second-order valence-electron chi connectivity index (χ2n) is 6.17. The lowest BCUT2D eigenvalue weighted by atomic mass is 9.77. The summed E-state index contributed by atoms with van der Waals surface area (Å²) in [6, 6.07) is 9.34. The van der Waals surface area contributed by atoms with Crippen LogP contribution in [-0.4, -0.2) is 25.3 Å². The molecule has 1 saturated carbocycles. The molecule has 2 rings (SSSR count). The van der Waals surface area contributed by atoms with E-state index in [9.17, 15) is 0 Å². The molecule has 1 N–H and O–H groups in total. The van der Waals surface area contributed by atoms with Crippen LogP contribution in [0.1, 0.15) is 51.0 Å². The van der Waals surface area contributed by atoms with E-state index in [1.807, 2.05) is 7.11 Å². The van der Waals surface area contributed by atoms with Crippen LogP contribution in [0.25, 0.3) is 0 Å². The van der Waals surface area contributed by atoms with E-state index in [1.165, 1.54) is 47.7 Å². The highest BCUT2D eigenvalue weighted by Gasteiger charge is 2.39. The second kappa shape index (κ2) is 8.49. The molecule has 1 aliphatic rings. The molecule has 118 valence electrons. The summed E-state index contributed by atoms with van der Waals surface area (Å²) in [5, 5.41) is 3.77. The van der Waals surface area contributed by atoms with Gasteiger partial charge in [-0.15, -0.1) is 0 Å². The van der Waals surface area contributed by atoms with Crippen molar-refractivity contribution >= 4 is 22.6 Å². The van der Waals surface area contributed by atoms with Crippen molar-refractivity contribution in [3.05, 3.63) is 33.4 Å². The van der Waals surface area contributed by atoms with Crippen LogP contribution in [0, 0.1) is 3.57 Å². The maximum absolute atomic E-state index is 6.07. The van der Waals surface area contributed by atoms with E-state index in [4.69, 9.17) is 4.74 Å². The van der Waals surface area contributed by atoms with Crippen molar-refractivity contribution in [3.8, 4) is 0 Å². The lowest BCUT2D eigenvalue weighted by molar-refractivity contribution is -0.0672. The summed E-state index contributed by atoms with van der Waals surface area (Å²) in [6.07, 6.45) is 8.56. The summed E-state index contributed by atoms with van der Waals surface area (Å²) in [6.45, 7) is 3.30. The molecule has 1 aliphatic carbocycles. The van der Waals surface area contributed by atoms with Crippen LogP contribution in [0.4, 0.5) is 0 Å². The summed E-state index contributed by atoms with van der Waals surface area (Å²) in [5.41, 5.74) is 1.43. The average Bonchev–Trinajstić information content (AvgIpc) is 2.54. The van der Waals surface area contributed by atoms with Gasteiger partial charge < -0.3 is 10.1 Å². The fourth-order valence-corrected chi connectivity index (χ4v) is 3.82. The molecular formula is C18H28INO. The molecule has 0 aliphatic heterocycles. The minimum Gasteiger partial charge on any atom is -0.377 e. The zero-order chi connectivity index (χ0) is 15.1. The van der Waals surface area contributed by atoms with Gasteiger partial charge in [0.05, 0.1) is 5.60 Å². The third-order valence-electron chi connectivity index (χ3n) is 4.74.